The lowest BCUT2D eigenvalue weighted by Gasteiger charge is -2.50. The highest BCUT2D eigenvalue weighted by atomic mass is 16.5. The second-order valence-electron chi connectivity index (χ2n) is 4.33. The summed E-state index contributed by atoms with van der Waals surface area (Å²) in [7, 11) is 0. The van der Waals surface area contributed by atoms with Crippen LogP contribution in [0.1, 0.15) is 12.8 Å². The van der Waals surface area contributed by atoms with Crippen LogP contribution < -0.4 is 5.32 Å². The molecule has 68 valence electrons. The van der Waals surface area contributed by atoms with Crippen LogP contribution in [0.25, 0.3) is 0 Å². The van der Waals surface area contributed by atoms with E-state index in [9.17, 15) is 0 Å². The van der Waals surface area contributed by atoms with Gasteiger partial charge in [-0.25, -0.2) is 0 Å². The van der Waals surface area contributed by atoms with E-state index in [4.69, 9.17) is 4.74 Å². The average molecular weight is 168 g/mol. The van der Waals surface area contributed by atoms with Gasteiger partial charge in [-0.1, -0.05) is 0 Å². The van der Waals surface area contributed by atoms with Crippen molar-refractivity contribution >= 4 is 0 Å². The summed E-state index contributed by atoms with van der Waals surface area (Å²) < 4.78 is 5.86. The van der Waals surface area contributed by atoms with E-state index in [0.29, 0.717) is 0 Å². The molecule has 4 fully saturated rings. The van der Waals surface area contributed by atoms with Crippen LogP contribution in [0, 0.1) is 5.92 Å². The van der Waals surface area contributed by atoms with E-state index in [1.807, 2.05) is 0 Å². The van der Waals surface area contributed by atoms with E-state index in [-0.39, 0.29) is 5.60 Å². The lowest BCUT2D eigenvalue weighted by Crippen LogP contribution is -2.60. The minimum absolute atomic E-state index is 0.205. The maximum atomic E-state index is 5.86. The number of hydrogen-bond acceptors (Lipinski definition) is 3. The van der Waals surface area contributed by atoms with Gasteiger partial charge in [-0.3, -0.25) is 5.32 Å². The Hall–Kier alpha value is -0.120. The maximum absolute atomic E-state index is 5.86. The molecule has 4 heterocycles. The minimum Gasteiger partial charge on any atom is -0.357 e. The largest absolute Gasteiger partial charge is 0.357 e. The minimum atomic E-state index is 0.205. The van der Waals surface area contributed by atoms with E-state index in [2.05, 4.69) is 10.2 Å². The van der Waals surface area contributed by atoms with Crippen LogP contribution in [0.4, 0.5) is 0 Å². The highest BCUT2D eigenvalue weighted by Gasteiger charge is 2.49. The summed E-state index contributed by atoms with van der Waals surface area (Å²) in [5.41, 5.74) is 0.205. The Balaban J connectivity index is 1.86. The van der Waals surface area contributed by atoms with Crippen molar-refractivity contribution in [1.29, 1.82) is 0 Å². The summed E-state index contributed by atoms with van der Waals surface area (Å²) in [6.45, 7) is 5.62. The van der Waals surface area contributed by atoms with Gasteiger partial charge in [-0.05, 0) is 31.8 Å². The summed E-state index contributed by atoms with van der Waals surface area (Å²) >= 11 is 0. The summed E-state index contributed by atoms with van der Waals surface area (Å²) in [4.78, 5) is 2.55. The molecule has 3 nitrogen and oxygen atoms in total. The highest BCUT2D eigenvalue weighted by Crippen LogP contribution is 2.39. The Labute approximate surface area is 73.1 Å². The standard InChI is InChI=1S/C9H16N2O/c1-3-11-4-2-8(1)9(6-11)5-10-7-12-9/h8,10H,1-7H2. The number of nitrogens with one attached hydrogen (secondary N) is 1. The fraction of sp³-hybridized carbons (Fsp3) is 1.00. The number of rotatable bonds is 0. The summed E-state index contributed by atoms with van der Waals surface area (Å²) in [6, 6.07) is 0. The first-order chi connectivity index (χ1) is 5.89. The van der Waals surface area contributed by atoms with Crippen LogP contribution >= 0.6 is 0 Å². The van der Waals surface area contributed by atoms with Gasteiger partial charge >= 0.3 is 0 Å². The topological polar surface area (TPSA) is 24.5 Å². The van der Waals surface area contributed by atoms with Gasteiger partial charge < -0.3 is 9.64 Å². The first-order valence-corrected chi connectivity index (χ1v) is 4.96. The molecule has 0 aromatic rings. The van der Waals surface area contributed by atoms with Crippen molar-refractivity contribution in [3.63, 3.8) is 0 Å². The Morgan fingerprint density at radius 1 is 1.33 bits per heavy atom. The molecule has 1 N–H and O–H groups in total. The fourth-order valence-corrected chi connectivity index (χ4v) is 3.00. The summed E-state index contributed by atoms with van der Waals surface area (Å²) in [5, 5.41) is 3.32. The second kappa shape index (κ2) is 2.44. The van der Waals surface area contributed by atoms with Crippen LogP contribution in [0.2, 0.25) is 0 Å². The van der Waals surface area contributed by atoms with Crippen molar-refractivity contribution in [2.75, 3.05) is 32.9 Å². The molecule has 4 saturated heterocycles. The molecule has 4 aliphatic rings. The van der Waals surface area contributed by atoms with Gasteiger partial charge in [0.25, 0.3) is 0 Å². The molecular formula is C9H16N2O. The SMILES string of the molecule is C1NCC2(CN3CCC2CC3)O1. The molecule has 1 atom stereocenters. The normalized spacial score (nSPS) is 52.0. The predicted molar refractivity (Wildman–Crippen MR) is 45.8 cm³/mol. The number of fused-ring (bicyclic) bond motifs is 2. The monoisotopic (exact) mass is 168 g/mol. The van der Waals surface area contributed by atoms with Crippen molar-refractivity contribution in [2.45, 2.75) is 18.4 Å². The van der Waals surface area contributed by atoms with Gasteiger partial charge in [-0.15, -0.1) is 0 Å². The number of hydrogen-bond donors (Lipinski definition) is 1. The third-order valence-corrected chi connectivity index (χ3v) is 3.71. The van der Waals surface area contributed by atoms with Crippen molar-refractivity contribution in [3.05, 3.63) is 0 Å². The number of nitrogens with zero attached hydrogens (tertiary/aromatic N) is 1. The first kappa shape index (κ1) is 7.30. The molecule has 0 saturated carbocycles. The van der Waals surface area contributed by atoms with E-state index in [1.165, 1.54) is 32.5 Å². The molecule has 0 amide bonds. The van der Waals surface area contributed by atoms with Gasteiger partial charge in [0, 0.05) is 13.1 Å². The predicted octanol–water partition coefficient (Wildman–Crippen LogP) is 0.0281. The van der Waals surface area contributed by atoms with E-state index >= 15 is 0 Å². The van der Waals surface area contributed by atoms with Crippen molar-refractivity contribution < 1.29 is 4.74 Å². The molecule has 0 aromatic heterocycles. The molecule has 0 radical (unpaired) electrons. The second-order valence-corrected chi connectivity index (χ2v) is 4.33. The molecule has 1 unspecified atom stereocenters. The van der Waals surface area contributed by atoms with Gasteiger partial charge in [0.1, 0.15) is 0 Å². The van der Waals surface area contributed by atoms with Crippen LogP contribution in [-0.2, 0) is 4.74 Å². The summed E-state index contributed by atoms with van der Waals surface area (Å²) in [5.74, 6) is 0.831. The molecule has 4 aliphatic heterocycles. The Bertz CT molecular complexity index is 181. The van der Waals surface area contributed by atoms with Gasteiger partial charge in [0.05, 0.1) is 12.3 Å². The molecular weight excluding hydrogens is 152 g/mol. The van der Waals surface area contributed by atoms with Gasteiger partial charge in [-0.2, -0.15) is 0 Å². The Morgan fingerprint density at radius 2 is 2.17 bits per heavy atom. The van der Waals surface area contributed by atoms with E-state index in [1.54, 1.807) is 0 Å². The molecule has 1 spiro atoms. The lowest BCUT2D eigenvalue weighted by molar-refractivity contribution is -0.116. The first-order valence-electron chi connectivity index (χ1n) is 4.96. The zero-order chi connectivity index (χ0) is 8.02. The fourth-order valence-electron chi connectivity index (χ4n) is 3.00. The van der Waals surface area contributed by atoms with Crippen LogP contribution in [0.15, 0.2) is 0 Å². The van der Waals surface area contributed by atoms with Crippen molar-refractivity contribution in [2.24, 2.45) is 5.92 Å². The van der Waals surface area contributed by atoms with Crippen LogP contribution in [-0.4, -0.2) is 43.4 Å². The third-order valence-electron chi connectivity index (χ3n) is 3.71. The maximum Gasteiger partial charge on any atom is 0.0979 e. The van der Waals surface area contributed by atoms with Crippen molar-refractivity contribution in [3.8, 4) is 0 Å². The lowest BCUT2D eigenvalue weighted by atomic mass is 9.75. The Kier molecular flexibility index (Phi) is 1.48. The average Bonchev–Trinajstić information content (AvgIpc) is 2.55. The quantitative estimate of drug-likeness (QED) is 0.552. The van der Waals surface area contributed by atoms with Gasteiger partial charge in [0.15, 0.2) is 0 Å². The molecule has 0 aromatic carbocycles. The van der Waals surface area contributed by atoms with E-state index in [0.717, 1.165) is 19.2 Å². The zero-order valence-electron chi connectivity index (χ0n) is 7.38. The molecule has 0 aliphatic carbocycles. The van der Waals surface area contributed by atoms with Crippen molar-refractivity contribution in [1.82, 2.24) is 10.2 Å². The molecule has 12 heavy (non-hydrogen) atoms. The molecule has 3 heteroatoms. The zero-order valence-corrected chi connectivity index (χ0v) is 7.38. The van der Waals surface area contributed by atoms with E-state index < -0.39 is 0 Å². The smallest absolute Gasteiger partial charge is 0.0979 e. The molecule has 4 rings (SSSR count). The van der Waals surface area contributed by atoms with Crippen LogP contribution in [0.5, 0.6) is 0 Å². The molecule has 2 bridgehead atoms. The van der Waals surface area contributed by atoms with Crippen LogP contribution in [0.3, 0.4) is 0 Å². The highest BCUT2D eigenvalue weighted by molar-refractivity contribution is 5.02. The van der Waals surface area contributed by atoms with Gasteiger partial charge in [0.2, 0.25) is 0 Å². The summed E-state index contributed by atoms with van der Waals surface area (Å²) in [6.07, 6.45) is 2.70. The number of piperidine rings is 3. The third kappa shape index (κ3) is 0.873. The Morgan fingerprint density at radius 3 is 2.67 bits per heavy atom. The number of ether oxygens (including phenoxy) is 1.